The molecular formula is C12H17NO6S2. The molecule has 0 amide bonds. The van der Waals surface area contributed by atoms with Crippen LogP contribution < -0.4 is 4.72 Å². The number of hydrogen-bond donors (Lipinski definition) is 1. The highest BCUT2D eigenvalue weighted by atomic mass is 32.2. The van der Waals surface area contributed by atoms with Crippen molar-refractivity contribution in [3.05, 3.63) is 16.0 Å². The lowest BCUT2D eigenvalue weighted by atomic mass is 10.2. The molecule has 0 unspecified atom stereocenters. The second-order valence-corrected chi connectivity index (χ2v) is 7.08. The van der Waals surface area contributed by atoms with Gasteiger partial charge in [0.1, 0.15) is 4.88 Å². The summed E-state index contributed by atoms with van der Waals surface area (Å²) in [5, 5.41) is 0. The second-order valence-electron chi connectivity index (χ2n) is 4.10. The van der Waals surface area contributed by atoms with Crippen molar-refractivity contribution in [3.63, 3.8) is 0 Å². The van der Waals surface area contributed by atoms with Crippen LogP contribution in [-0.4, -0.2) is 41.1 Å². The molecule has 0 aromatic carbocycles. The molecule has 0 fully saturated rings. The summed E-state index contributed by atoms with van der Waals surface area (Å²) in [5.74, 6) is -1.50. The number of rotatable bonds is 6. The van der Waals surface area contributed by atoms with Crippen molar-refractivity contribution in [2.75, 3.05) is 20.8 Å². The predicted octanol–water partition coefficient (Wildman–Crippen LogP) is 1.32. The van der Waals surface area contributed by atoms with Gasteiger partial charge in [0.05, 0.1) is 19.8 Å². The zero-order valence-electron chi connectivity index (χ0n) is 12.2. The number of thiophene rings is 1. The fraction of sp³-hybridized carbons (Fsp3) is 0.500. The molecule has 1 rings (SSSR count). The first-order valence-electron chi connectivity index (χ1n) is 6.09. The summed E-state index contributed by atoms with van der Waals surface area (Å²) in [6.07, 6.45) is 0.598. The average molecular weight is 335 g/mol. The fourth-order valence-corrected chi connectivity index (χ4v) is 4.52. The molecule has 7 nitrogen and oxygen atoms in total. The van der Waals surface area contributed by atoms with Gasteiger partial charge in [-0.1, -0.05) is 6.92 Å². The van der Waals surface area contributed by atoms with Crippen LogP contribution in [0.25, 0.3) is 0 Å². The maximum absolute atomic E-state index is 12.2. The number of nitrogens with one attached hydrogen (secondary N) is 1. The second kappa shape index (κ2) is 7.01. The fourth-order valence-electron chi connectivity index (χ4n) is 1.60. The first-order chi connectivity index (χ1) is 9.80. The Bertz CT molecular complexity index is 647. The number of sulfonamides is 1. The van der Waals surface area contributed by atoms with E-state index in [-0.39, 0.29) is 26.8 Å². The highest BCUT2D eigenvalue weighted by molar-refractivity contribution is 7.91. The summed E-state index contributed by atoms with van der Waals surface area (Å²) in [6.45, 7) is 3.52. The van der Waals surface area contributed by atoms with Crippen LogP contribution in [0.1, 0.15) is 38.9 Å². The van der Waals surface area contributed by atoms with Gasteiger partial charge < -0.3 is 9.47 Å². The first kappa shape index (κ1) is 17.6. The Morgan fingerprint density at radius 3 is 2.24 bits per heavy atom. The standard InChI is InChI=1S/C12H17NO6S2/c1-5-6-13-21(16,17)12-8(10(14)18-3)7(2)9(20-12)11(15)19-4/h13H,5-6H2,1-4H3. The Balaban J connectivity index is 3.50. The Hall–Kier alpha value is -1.45. The Morgan fingerprint density at radius 2 is 1.76 bits per heavy atom. The number of ether oxygens (including phenoxy) is 2. The van der Waals surface area contributed by atoms with Gasteiger partial charge >= 0.3 is 11.9 Å². The van der Waals surface area contributed by atoms with Gasteiger partial charge in [-0.05, 0) is 18.9 Å². The SMILES string of the molecule is CCCNS(=O)(=O)c1sc(C(=O)OC)c(C)c1C(=O)OC. The summed E-state index contributed by atoms with van der Waals surface area (Å²) in [5.41, 5.74) is 0.0991. The van der Waals surface area contributed by atoms with Gasteiger partial charge in [-0.25, -0.2) is 22.7 Å². The average Bonchev–Trinajstić information content (AvgIpc) is 2.82. The van der Waals surface area contributed by atoms with E-state index in [1.807, 2.05) is 6.92 Å². The Kier molecular flexibility index (Phi) is 5.87. The molecule has 0 radical (unpaired) electrons. The molecule has 0 spiro atoms. The molecule has 0 bridgehead atoms. The lowest BCUT2D eigenvalue weighted by molar-refractivity contribution is 0.0596. The van der Waals surface area contributed by atoms with Crippen molar-refractivity contribution in [2.45, 2.75) is 24.5 Å². The maximum atomic E-state index is 12.2. The van der Waals surface area contributed by atoms with Crippen molar-refractivity contribution in [1.29, 1.82) is 0 Å². The Morgan fingerprint density at radius 1 is 1.19 bits per heavy atom. The molecule has 0 saturated heterocycles. The van der Waals surface area contributed by atoms with Crippen LogP contribution in [0.3, 0.4) is 0 Å². The van der Waals surface area contributed by atoms with E-state index < -0.39 is 22.0 Å². The van der Waals surface area contributed by atoms with Crippen molar-refractivity contribution in [2.24, 2.45) is 0 Å². The molecule has 0 aliphatic carbocycles. The summed E-state index contributed by atoms with van der Waals surface area (Å²) >= 11 is 0.694. The zero-order valence-corrected chi connectivity index (χ0v) is 13.8. The number of methoxy groups -OCH3 is 2. The molecule has 118 valence electrons. The monoisotopic (exact) mass is 335 g/mol. The maximum Gasteiger partial charge on any atom is 0.348 e. The molecular weight excluding hydrogens is 318 g/mol. The minimum atomic E-state index is -3.89. The van der Waals surface area contributed by atoms with Gasteiger partial charge in [0.15, 0.2) is 4.21 Å². The molecule has 0 saturated carbocycles. The molecule has 0 aliphatic rings. The first-order valence-corrected chi connectivity index (χ1v) is 8.39. The topological polar surface area (TPSA) is 98.8 Å². The molecule has 0 aliphatic heterocycles. The van der Waals surface area contributed by atoms with Gasteiger partial charge in [-0.2, -0.15) is 0 Å². The van der Waals surface area contributed by atoms with E-state index in [1.54, 1.807) is 0 Å². The smallest absolute Gasteiger partial charge is 0.348 e. The molecule has 1 aromatic heterocycles. The van der Waals surface area contributed by atoms with Crippen LogP contribution in [0, 0.1) is 6.92 Å². The number of hydrogen-bond acceptors (Lipinski definition) is 7. The van der Waals surface area contributed by atoms with Crippen LogP contribution >= 0.6 is 11.3 Å². The van der Waals surface area contributed by atoms with Crippen molar-refractivity contribution in [1.82, 2.24) is 4.72 Å². The van der Waals surface area contributed by atoms with E-state index in [0.717, 1.165) is 7.11 Å². The Labute approximate surface area is 127 Å². The number of carbonyl (C=O) groups is 2. The lowest BCUT2D eigenvalue weighted by Gasteiger charge is -2.06. The highest BCUT2D eigenvalue weighted by Gasteiger charge is 2.32. The molecule has 1 aromatic rings. The van der Waals surface area contributed by atoms with Crippen molar-refractivity contribution >= 4 is 33.3 Å². The lowest BCUT2D eigenvalue weighted by Crippen LogP contribution is -2.25. The highest BCUT2D eigenvalue weighted by Crippen LogP contribution is 2.33. The number of carbonyl (C=O) groups excluding carboxylic acids is 2. The largest absolute Gasteiger partial charge is 0.465 e. The summed E-state index contributed by atoms with van der Waals surface area (Å²) in [4.78, 5) is 23.6. The van der Waals surface area contributed by atoms with E-state index in [0.29, 0.717) is 17.8 Å². The van der Waals surface area contributed by atoms with E-state index in [1.165, 1.54) is 14.0 Å². The summed E-state index contributed by atoms with van der Waals surface area (Å²) in [6, 6.07) is 0. The molecule has 0 atom stereocenters. The van der Waals surface area contributed by atoms with Crippen molar-refractivity contribution < 1.29 is 27.5 Å². The van der Waals surface area contributed by atoms with E-state index in [2.05, 4.69) is 14.2 Å². The van der Waals surface area contributed by atoms with Gasteiger partial charge in [0.25, 0.3) is 10.0 Å². The quantitative estimate of drug-likeness (QED) is 0.787. The van der Waals surface area contributed by atoms with E-state index in [4.69, 9.17) is 0 Å². The molecule has 9 heteroatoms. The summed E-state index contributed by atoms with van der Waals surface area (Å²) in [7, 11) is -1.56. The zero-order chi connectivity index (χ0) is 16.2. The molecule has 1 N–H and O–H groups in total. The number of esters is 2. The van der Waals surface area contributed by atoms with E-state index in [9.17, 15) is 18.0 Å². The van der Waals surface area contributed by atoms with Gasteiger partial charge in [0, 0.05) is 6.54 Å². The van der Waals surface area contributed by atoms with Gasteiger partial charge in [-0.3, -0.25) is 0 Å². The minimum absolute atomic E-state index is 0.0646. The van der Waals surface area contributed by atoms with Crippen LogP contribution in [0.4, 0.5) is 0 Å². The molecule has 1 heterocycles. The van der Waals surface area contributed by atoms with Gasteiger partial charge in [-0.15, -0.1) is 11.3 Å². The van der Waals surface area contributed by atoms with Crippen LogP contribution in [0.2, 0.25) is 0 Å². The van der Waals surface area contributed by atoms with Crippen molar-refractivity contribution in [3.8, 4) is 0 Å². The third kappa shape index (κ3) is 3.60. The van der Waals surface area contributed by atoms with Crippen LogP contribution in [-0.2, 0) is 19.5 Å². The summed E-state index contributed by atoms with van der Waals surface area (Å²) < 4.78 is 35.8. The minimum Gasteiger partial charge on any atom is -0.465 e. The van der Waals surface area contributed by atoms with E-state index >= 15 is 0 Å². The normalized spacial score (nSPS) is 11.2. The molecule has 21 heavy (non-hydrogen) atoms. The predicted molar refractivity (Wildman–Crippen MR) is 77.2 cm³/mol. The van der Waals surface area contributed by atoms with Crippen LogP contribution in [0.15, 0.2) is 4.21 Å². The van der Waals surface area contributed by atoms with Gasteiger partial charge in [0.2, 0.25) is 0 Å². The third-order valence-corrected chi connectivity index (χ3v) is 5.91. The van der Waals surface area contributed by atoms with Crippen LogP contribution in [0.5, 0.6) is 0 Å². The third-order valence-electron chi connectivity index (χ3n) is 2.66.